The maximum Gasteiger partial charge on any atom is 0.176 e. The highest BCUT2D eigenvalue weighted by molar-refractivity contribution is 5.01. The van der Waals surface area contributed by atoms with Gasteiger partial charge >= 0.3 is 0 Å². The molecule has 1 aliphatic carbocycles. The molecule has 3 fully saturated rings. The molecule has 0 amide bonds. The third kappa shape index (κ3) is 5.02. The lowest BCUT2D eigenvalue weighted by atomic mass is 9.84. The van der Waals surface area contributed by atoms with Gasteiger partial charge in [0.15, 0.2) is 12.6 Å². The van der Waals surface area contributed by atoms with Crippen LogP contribution in [-0.2, 0) is 18.9 Å². The summed E-state index contributed by atoms with van der Waals surface area (Å²) in [5, 5.41) is 59.8. The lowest BCUT2D eigenvalue weighted by Gasteiger charge is -2.47. The van der Waals surface area contributed by atoms with Crippen LogP contribution in [-0.4, -0.2) is 129 Å². The minimum Gasteiger partial charge on any atom is -0.394 e. The first-order valence-electron chi connectivity index (χ1n) is 10.2. The molecule has 0 unspecified atom stereocenters. The Morgan fingerprint density at radius 2 is 1.29 bits per heavy atom. The van der Waals surface area contributed by atoms with E-state index in [0.29, 0.717) is 0 Å². The summed E-state index contributed by atoms with van der Waals surface area (Å²) >= 11 is 0. The van der Waals surface area contributed by atoms with Gasteiger partial charge < -0.3 is 72.5 Å². The van der Waals surface area contributed by atoms with Crippen molar-refractivity contribution in [1.82, 2.24) is 0 Å². The van der Waals surface area contributed by atoms with Crippen LogP contribution in [0.3, 0.4) is 0 Å². The lowest BCUT2D eigenvalue weighted by molar-refractivity contribution is -0.306. The molecule has 0 radical (unpaired) electrons. The molecular formula is C17H34N4O10. The second-order valence-electron chi connectivity index (χ2n) is 8.38. The summed E-state index contributed by atoms with van der Waals surface area (Å²) in [6, 6.07) is -3.76. The van der Waals surface area contributed by atoms with Gasteiger partial charge in [0.1, 0.15) is 48.8 Å². The van der Waals surface area contributed by atoms with E-state index < -0.39 is 92.2 Å². The van der Waals surface area contributed by atoms with E-state index in [0.717, 1.165) is 0 Å². The van der Waals surface area contributed by atoms with E-state index in [2.05, 4.69) is 0 Å². The van der Waals surface area contributed by atoms with Gasteiger partial charge in [-0.2, -0.15) is 0 Å². The van der Waals surface area contributed by atoms with Crippen molar-refractivity contribution in [3.05, 3.63) is 0 Å². The first kappa shape index (κ1) is 25.1. The minimum absolute atomic E-state index is 0.163. The van der Waals surface area contributed by atoms with Crippen molar-refractivity contribution in [1.29, 1.82) is 0 Å². The topological polar surface area (TPSA) is 262 Å². The summed E-state index contributed by atoms with van der Waals surface area (Å²) in [5.74, 6) is 0. The van der Waals surface area contributed by atoms with Crippen LogP contribution in [0.25, 0.3) is 0 Å². The van der Waals surface area contributed by atoms with Crippen LogP contribution in [0.4, 0.5) is 0 Å². The molecule has 0 spiro atoms. The third-order valence-electron chi connectivity index (χ3n) is 6.11. The maximum atomic E-state index is 10.9. The Bertz CT molecular complexity index is 591. The number of hydrogen-bond acceptors (Lipinski definition) is 14. The molecule has 2 heterocycles. The molecular weight excluding hydrogens is 420 g/mol. The summed E-state index contributed by atoms with van der Waals surface area (Å²) in [6.45, 7) is -0.809. The smallest absolute Gasteiger partial charge is 0.176 e. The van der Waals surface area contributed by atoms with E-state index in [1.54, 1.807) is 0 Å². The Labute approximate surface area is 178 Å². The number of rotatable bonds is 5. The molecule has 2 aliphatic heterocycles. The quantitative estimate of drug-likeness (QED) is 0.185. The van der Waals surface area contributed by atoms with Crippen LogP contribution in [0.1, 0.15) is 6.42 Å². The standard InChI is InChI=1S/C17H34N4O10/c18-4-1-5(19)15(31-17-9(21)12(26)11(25)7(2-22)29-17)13(27)14(4)30-16-8(20)10(24)6(23)3-28-16/h4-17,22-27H,1-3,18-21H2/t4-,5+,6-,7-,8-,9-,10+,11-,12-,13-,14+,15-,16-,17-/m1/s1. The highest BCUT2D eigenvalue weighted by Crippen LogP contribution is 2.30. The third-order valence-corrected chi connectivity index (χ3v) is 6.11. The number of aliphatic hydroxyl groups excluding tert-OH is 6. The van der Waals surface area contributed by atoms with Crippen molar-refractivity contribution in [3.63, 3.8) is 0 Å². The largest absolute Gasteiger partial charge is 0.394 e. The van der Waals surface area contributed by atoms with Gasteiger partial charge in [-0.05, 0) is 6.42 Å². The molecule has 0 bridgehead atoms. The summed E-state index contributed by atoms with van der Waals surface area (Å²) in [6.07, 6.45) is -12.3. The molecule has 0 aromatic carbocycles. The maximum absolute atomic E-state index is 10.9. The molecule has 14 N–H and O–H groups in total. The Kier molecular flexibility index (Phi) is 8.21. The zero-order valence-electron chi connectivity index (χ0n) is 16.8. The normalized spacial score (nSPS) is 54.0. The molecule has 14 nitrogen and oxygen atoms in total. The summed E-state index contributed by atoms with van der Waals surface area (Å²) in [4.78, 5) is 0. The lowest BCUT2D eigenvalue weighted by Crippen LogP contribution is -2.68. The predicted molar refractivity (Wildman–Crippen MR) is 102 cm³/mol. The fraction of sp³-hybridized carbons (Fsp3) is 1.00. The van der Waals surface area contributed by atoms with E-state index in [1.165, 1.54) is 0 Å². The fourth-order valence-electron chi connectivity index (χ4n) is 4.13. The molecule has 182 valence electrons. The number of hydrogen-bond donors (Lipinski definition) is 10. The van der Waals surface area contributed by atoms with E-state index in [4.69, 9.17) is 41.9 Å². The van der Waals surface area contributed by atoms with Crippen LogP contribution in [0.5, 0.6) is 0 Å². The Morgan fingerprint density at radius 1 is 0.742 bits per heavy atom. The zero-order valence-corrected chi connectivity index (χ0v) is 16.8. The van der Waals surface area contributed by atoms with Gasteiger partial charge in [0.25, 0.3) is 0 Å². The van der Waals surface area contributed by atoms with Crippen molar-refractivity contribution >= 4 is 0 Å². The van der Waals surface area contributed by atoms with E-state index >= 15 is 0 Å². The molecule has 14 atom stereocenters. The van der Waals surface area contributed by atoms with Gasteiger partial charge in [-0.15, -0.1) is 0 Å². The van der Waals surface area contributed by atoms with Crippen LogP contribution in [0, 0.1) is 0 Å². The molecule has 14 heteroatoms. The van der Waals surface area contributed by atoms with Crippen molar-refractivity contribution < 1.29 is 49.6 Å². The zero-order chi connectivity index (χ0) is 23.0. The summed E-state index contributed by atoms with van der Waals surface area (Å²) in [5.41, 5.74) is 24.0. The second kappa shape index (κ2) is 10.1. The predicted octanol–water partition coefficient (Wildman–Crippen LogP) is -6.65. The second-order valence-corrected chi connectivity index (χ2v) is 8.38. The Hall–Kier alpha value is -0.560. The molecule has 0 aromatic rings. The first-order chi connectivity index (χ1) is 14.6. The van der Waals surface area contributed by atoms with E-state index in [-0.39, 0.29) is 13.0 Å². The number of nitrogens with two attached hydrogens (primary N) is 4. The van der Waals surface area contributed by atoms with E-state index in [1.807, 2.05) is 0 Å². The van der Waals surface area contributed by atoms with Gasteiger partial charge in [0.2, 0.25) is 0 Å². The summed E-state index contributed by atoms with van der Waals surface area (Å²) in [7, 11) is 0. The van der Waals surface area contributed by atoms with Crippen molar-refractivity contribution in [3.8, 4) is 0 Å². The number of ether oxygens (including phenoxy) is 4. The monoisotopic (exact) mass is 454 g/mol. The van der Waals surface area contributed by atoms with Gasteiger partial charge in [0, 0.05) is 12.1 Å². The van der Waals surface area contributed by atoms with Crippen LogP contribution < -0.4 is 22.9 Å². The Morgan fingerprint density at radius 3 is 1.87 bits per heavy atom. The summed E-state index contributed by atoms with van der Waals surface area (Å²) < 4.78 is 22.2. The SMILES string of the molecule is N[C@H]1[C@@H](O[C@H]2[C@H](O)[C@@H](O[C@H]3OC[C@@H](O)[C@H](O)[C@H]3N)[C@H](N)C[C@@H]2N)O[C@H](CO)[C@@H](O)[C@@H]1O. The van der Waals surface area contributed by atoms with E-state index in [9.17, 15) is 30.6 Å². The molecule has 3 aliphatic rings. The van der Waals surface area contributed by atoms with Crippen molar-refractivity contribution in [2.45, 2.75) is 92.0 Å². The molecule has 1 saturated carbocycles. The van der Waals surface area contributed by atoms with Crippen LogP contribution >= 0.6 is 0 Å². The van der Waals surface area contributed by atoms with Gasteiger partial charge in [-0.1, -0.05) is 0 Å². The highest BCUT2D eigenvalue weighted by Gasteiger charge is 2.50. The first-order valence-corrected chi connectivity index (χ1v) is 10.2. The number of aliphatic hydroxyl groups is 6. The van der Waals surface area contributed by atoms with Gasteiger partial charge in [-0.3, -0.25) is 0 Å². The van der Waals surface area contributed by atoms with Gasteiger partial charge in [0.05, 0.1) is 25.3 Å². The Balaban J connectivity index is 1.70. The van der Waals surface area contributed by atoms with Crippen molar-refractivity contribution in [2.75, 3.05) is 13.2 Å². The molecule has 3 rings (SSSR count). The fourth-order valence-corrected chi connectivity index (χ4v) is 4.13. The van der Waals surface area contributed by atoms with Crippen molar-refractivity contribution in [2.24, 2.45) is 22.9 Å². The highest BCUT2D eigenvalue weighted by atomic mass is 16.7. The minimum atomic E-state index is -1.44. The molecule has 2 saturated heterocycles. The average molecular weight is 454 g/mol. The molecule has 31 heavy (non-hydrogen) atoms. The molecule has 0 aromatic heterocycles. The van der Waals surface area contributed by atoms with Crippen LogP contribution in [0.2, 0.25) is 0 Å². The van der Waals surface area contributed by atoms with Crippen LogP contribution in [0.15, 0.2) is 0 Å². The van der Waals surface area contributed by atoms with Gasteiger partial charge in [-0.25, -0.2) is 0 Å². The average Bonchev–Trinajstić information content (AvgIpc) is 2.73.